The normalized spacial score (nSPS) is 13.3. The molecule has 2 aromatic rings. The Bertz CT molecular complexity index is 548. The predicted molar refractivity (Wildman–Crippen MR) is 84.2 cm³/mol. The fourth-order valence-corrected chi connectivity index (χ4v) is 2.06. The van der Waals surface area contributed by atoms with E-state index in [2.05, 4.69) is 55.3 Å². The van der Waals surface area contributed by atoms with E-state index in [1.54, 1.807) is 0 Å². The summed E-state index contributed by atoms with van der Waals surface area (Å²) in [4.78, 5) is 0. The molecule has 4 heteroatoms. The van der Waals surface area contributed by atoms with Gasteiger partial charge in [-0.1, -0.05) is 58.0 Å². The van der Waals surface area contributed by atoms with Crippen LogP contribution in [0, 0.1) is 0 Å². The molecule has 0 aliphatic carbocycles. The molecule has 0 amide bonds. The van der Waals surface area contributed by atoms with Crippen molar-refractivity contribution in [3.8, 4) is 0 Å². The largest absolute Gasteiger partial charge is 0.423 e. The summed E-state index contributed by atoms with van der Waals surface area (Å²) in [5, 5.41) is 12.0. The first kappa shape index (κ1) is 15.7. The van der Waals surface area contributed by atoms with E-state index in [0.717, 1.165) is 24.9 Å². The average molecular weight is 287 g/mol. The van der Waals surface area contributed by atoms with Crippen molar-refractivity contribution in [2.24, 2.45) is 0 Å². The van der Waals surface area contributed by atoms with Gasteiger partial charge in [0.1, 0.15) is 6.04 Å². The topological polar surface area (TPSA) is 51.0 Å². The highest BCUT2D eigenvalue weighted by atomic mass is 16.4. The fraction of sp³-hybridized carbons (Fsp3) is 0.529. The van der Waals surface area contributed by atoms with E-state index in [4.69, 9.17) is 4.42 Å². The lowest BCUT2D eigenvalue weighted by Gasteiger charge is -2.18. The third-order valence-corrected chi connectivity index (χ3v) is 3.88. The maximum atomic E-state index is 5.97. The predicted octanol–water partition coefficient (Wildman–Crippen LogP) is 3.85. The third kappa shape index (κ3) is 3.70. The molecule has 0 fully saturated rings. The van der Waals surface area contributed by atoms with Crippen LogP contribution in [0.1, 0.15) is 63.9 Å². The lowest BCUT2D eigenvalue weighted by atomic mass is 9.90. The van der Waals surface area contributed by atoms with E-state index in [-0.39, 0.29) is 11.5 Å². The Morgan fingerprint density at radius 2 is 1.86 bits per heavy atom. The monoisotopic (exact) mass is 287 g/mol. The minimum Gasteiger partial charge on any atom is -0.423 e. The number of nitrogens with zero attached hydrogens (tertiary/aromatic N) is 2. The lowest BCUT2D eigenvalue weighted by molar-refractivity contribution is 0.330. The molecule has 2 rings (SSSR count). The summed E-state index contributed by atoms with van der Waals surface area (Å²) < 4.78 is 5.97. The van der Waals surface area contributed by atoms with Gasteiger partial charge in [-0.25, -0.2) is 0 Å². The molecule has 1 atom stereocenters. The quantitative estimate of drug-likeness (QED) is 0.840. The second-order valence-electron chi connectivity index (χ2n) is 5.98. The molecule has 1 N–H and O–H groups in total. The van der Waals surface area contributed by atoms with E-state index in [1.165, 1.54) is 0 Å². The van der Waals surface area contributed by atoms with Crippen LogP contribution in [0.5, 0.6) is 0 Å². The second kappa shape index (κ2) is 6.85. The van der Waals surface area contributed by atoms with E-state index >= 15 is 0 Å². The first-order valence-corrected chi connectivity index (χ1v) is 7.70. The van der Waals surface area contributed by atoms with Gasteiger partial charge in [0.25, 0.3) is 0 Å². The minimum absolute atomic E-state index is 0.0416. The Morgan fingerprint density at radius 3 is 2.48 bits per heavy atom. The summed E-state index contributed by atoms with van der Waals surface area (Å²) in [7, 11) is 0. The minimum atomic E-state index is -0.0861. The molecule has 21 heavy (non-hydrogen) atoms. The smallest absolute Gasteiger partial charge is 0.237 e. The van der Waals surface area contributed by atoms with Crippen LogP contribution in [-0.2, 0) is 5.41 Å². The van der Waals surface area contributed by atoms with Crippen molar-refractivity contribution in [2.45, 2.75) is 52.0 Å². The maximum absolute atomic E-state index is 5.97. The molecular weight excluding hydrogens is 262 g/mol. The summed E-state index contributed by atoms with van der Waals surface area (Å²) in [6.45, 7) is 9.44. The maximum Gasteiger partial charge on any atom is 0.237 e. The van der Waals surface area contributed by atoms with Gasteiger partial charge in [-0.3, -0.25) is 0 Å². The fourth-order valence-electron chi connectivity index (χ4n) is 2.06. The number of rotatable bonds is 7. The highest BCUT2D eigenvalue weighted by Gasteiger charge is 2.27. The molecule has 0 spiro atoms. The van der Waals surface area contributed by atoms with Gasteiger partial charge in [0.2, 0.25) is 11.8 Å². The van der Waals surface area contributed by atoms with Gasteiger partial charge in [0.05, 0.1) is 0 Å². The SMILES string of the molecule is CCCNC(c1ccccc1)c1nnc(C(C)(C)CC)o1. The van der Waals surface area contributed by atoms with Gasteiger partial charge < -0.3 is 9.73 Å². The van der Waals surface area contributed by atoms with Crippen molar-refractivity contribution < 1.29 is 4.42 Å². The molecule has 1 unspecified atom stereocenters. The Labute approximate surface area is 127 Å². The summed E-state index contributed by atoms with van der Waals surface area (Å²) in [5.74, 6) is 1.35. The van der Waals surface area contributed by atoms with Crippen molar-refractivity contribution >= 4 is 0 Å². The molecular formula is C17H25N3O. The number of benzene rings is 1. The van der Waals surface area contributed by atoms with Crippen LogP contribution in [0.2, 0.25) is 0 Å². The highest BCUT2D eigenvalue weighted by Crippen LogP contribution is 2.28. The van der Waals surface area contributed by atoms with Gasteiger partial charge in [-0.15, -0.1) is 10.2 Å². The average Bonchev–Trinajstić information content (AvgIpc) is 2.99. The van der Waals surface area contributed by atoms with Crippen molar-refractivity contribution in [2.75, 3.05) is 6.54 Å². The molecule has 1 aromatic heterocycles. The summed E-state index contributed by atoms with van der Waals surface area (Å²) >= 11 is 0. The van der Waals surface area contributed by atoms with Crippen LogP contribution in [0.3, 0.4) is 0 Å². The van der Waals surface area contributed by atoms with E-state index in [1.807, 2.05) is 18.2 Å². The van der Waals surface area contributed by atoms with Gasteiger partial charge in [0.15, 0.2) is 0 Å². The number of nitrogens with one attached hydrogen (secondary N) is 1. The van der Waals surface area contributed by atoms with E-state index < -0.39 is 0 Å². The molecule has 0 radical (unpaired) electrons. The van der Waals surface area contributed by atoms with E-state index in [9.17, 15) is 0 Å². The summed E-state index contributed by atoms with van der Waals surface area (Å²) in [6, 6.07) is 10.2. The van der Waals surface area contributed by atoms with Crippen LogP contribution in [0.25, 0.3) is 0 Å². The zero-order valence-electron chi connectivity index (χ0n) is 13.4. The zero-order valence-corrected chi connectivity index (χ0v) is 13.4. The number of aromatic nitrogens is 2. The first-order chi connectivity index (χ1) is 10.1. The van der Waals surface area contributed by atoms with Gasteiger partial charge in [-0.2, -0.15) is 0 Å². The highest BCUT2D eigenvalue weighted by molar-refractivity contribution is 5.23. The molecule has 4 nitrogen and oxygen atoms in total. The van der Waals surface area contributed by atoms with Crippen molar-refractivity contribution in [3.05, 3.63) is 47.7 Å². The Kier molecular flexibility index (Phi) is 5.12. The number of hydrogen-bond donors (Lipinski definition) is 1. The molecule has 1 heterocycles. The van der Waals surface area contributed by atoms with Crippen molar-refractivity contribution in [3.63, 3.8) is 0 Å². The Balaban J connectivity index is 2.29. The molecule has 0 aliphatic heterocycles. The Hall–Kier alpha value is -1.68. The number of hydrogen-bond acceptors (Lipinski definition) is 4. The standard InChI is InChI=1S/C17H25N3O/c1-5-12-18-14(13-10-8-7-9-11-13)15-19-20-16(21-15)17(3,4)6-2/h7-11,14,18H,5-6,12H2,1-4H3. The molecule has 0 saturated carbocycles. The molecule has 0 saturated heterocycles. The molecule has 114 valence electrons. The summed E-state index contributed by atoms with van der Waals surface area (Å²) in [5.41, 5.74) is 1.06. The third-order valence-electron chi connectivity index (χ3n) is 3.88. The van der Waals surface area contributed by atoms with Crippen LogP contribution in [0.15, 0.2) is 34.7 Å². The molecule has 0 bridgehead atoms. The zero-order chi connectivity index (χ0) is 15.3. The van der Waals surface area contributed by atoms with Crippen LogP contribution >= 0.6 is 0 Å². The van der Waals surface area contributed by atoms with Crippen molar-refractivity contribution in [1.29, 1.82) is 0 Å². The summed E-state index contributed by atoms with van der Waals surface area (Å²) in [6.07, 6.45) is 2.03. The van der Waals surface area contributed by atoms with Gasteiger partial charge >= 0.3 is 0 Å². The Morgan fingerprint density at radius 1 is 1.14 bits per heavy atom. The van der Waals surface area contributed by atoms with Crippen LogP contribution in [0.4, 0.5) is 0 Å². The second-order valence-corrected chi connectivity index (χ2v) is 5.98. The first-order valence-electron chi connectivity index (χ1n) is 7.70. The molecule has 0 aliphatic rings. The molecule has 1 aromatic carbocycles. The van der Waals surface area contributed by atoms with Gasteiger partial charge in [-0.05, 0) is 24.9 Å². The van der Waals surface area contributed by atoms with Crippen LogP contribution in [-0.4, -0.2) is 16.7 Å². The van der Waals surface area contributed by atoms with Gasteiger partial charge in [0, 0.05) is 5.41 Å². The lowest BCUT2D eigenvalue weighted by Crippen LogP contribution is -2.23. The van der Waals surface area contributed by atoms with E-state index in [0.29, 0.717) is 11.8 Å². The van der Waals surface area contributed by atoms with Crippen molar-refractivity contribution in [1.82, 2.24) is 15.5 Å². The van der Waals surface area contributed by atoms with Crippen LogP contribution < -0.4 is 5.32 Å².